The van der Waals surface area contributed by atoms with E-state index >= 15 is 0 Å². The molecular formula is C11H10N4O2S. The third-order valence-corrected chi connectivity index (χ3v) is 3.86. The number of nitrogens with zero attached hydrogens (tertiary/aromatic N) is 4. The second-order valence-corrected chi connectivity index (χ2v) is 4.76. The lowest BCUT2D eigenvalue weighted by Crippen LogP contribution is -2.03. The van der Waals surface area contributed by atoms with Crippen molar-refractivity contribution in [2.45, 2.75) is 13.8 Å². The first-order chi connectivity index (χ1) is 8.72. The molecule has 0 N–H and O–H groups in total. The molecule has 3 rings (SSSR count). The Bertz CT molecular complexity index is 746. The van der Waals surface area contributed by atoms with Crippen molar-refractivity contribution in [2.24, 2.45) is 0 Å². The van der Waals surface area contributed by atoms with Gasteiger partial charge in [0, 0.05) is 0 Å². The Morgan fingerprint density at radius 2 is 2.33 bits per heavy atom. The maximum atomic E-state index is 11.8. The van der Waals surface area contributed by atoms with Crippen LogP contribution < -0.4 is 0 Å². The molecule has 0 aliphatic heterocycles. The van der Waals surface area contributed by atoms with E-state index in [0.717, 1.165) is 15.8 Å². The Labute approximate surface area is 106 Å². The van der Waals surface area contributed by atoms with Crippen molar-refractivity contribution in [2.75, 3.05) is 6.61 Å². The van der Waals surface area contributed by atoms with Gasteiger partial charge in [0.1, 0.15) is 22.4 Å². The molecular weight excluding hydrogens is 252 g/mol. The fourth-order valence-corrected chi connectivity index (χ4v) is 2.90. The van der Waals surface area contributed by atoms with Crippen molar-refractivity contribution >= 4 is 33.2 Å². The quantitative estimate of drug-likeness (QED) is 0.659. The van der Waals surface area contributed by atoms with Crippen molar-refractivity contribution in [1.82, 2.24) is 19.6 Å². The van der Waals surface area contributed by atoms with Crippen LogP contribution in [0.3, 0.4) is 0 Å². The zero-order valence-electron chi connectivity index (χ0n) is 9.88. The van der Waals surface area contributed by atoms with Crippen LogP contribution in [0.25, 0.3) is 15.9 Å². The predicted octanol–water partition coefficient (Wildman–Crippen LogP) is 1.82. The van der Waals surface area contributed by atoms with Gasteiger partial charge in [-0.15, -0.1) is 21.5 Å². The fraction of sp³-hybridized carbons (Fsp3) is 0.273. The molecule has 3 aromatic rings. The highest BCUT2D eigenvalue weighted by molar-refractivity contribution is 7.20. The molecule has 0 amide bonds. The van der Waals surface area contributed by atoms with Crippen LogP contribution in [0, 0.1) is 6.92 Å². The van der Waals surface area contributed by atoms with E-state index in [1.807, 2.05) is 6.92 Å². The molecule has 0 aliphatic carbocycles. The van der Waals surface area contributed by atoms with E-state index in [9.17, 15) is 4.79 Å². The molecule has 0 aliphatic rings. The van der Waals surface area contributed by atoms with Crippen molar-refractivity contribution in [3.05, 3.63) is 23.1 Å². The predicted molar refractivity (Wildman–Crippen MR) is 66.9 cm³/mol. The second kappa shape index (κ2) is 4.02. The molecule has 0 fully saturated rings. The molecule has 0 atom stereocenters. The van der Waals surface area contributed by atoms with Crippen LogP contribution in [0.15, 0.2) is 12.7 Å². The average Bonchev–Trinajstić information content (AvgIpc) is 2.93. The van der Waals surface area contributed by atoms with Gasteiger partial charge in [-0.05, 0) is 19.4 Å². The third-order valence-electron chi connectivity index (χ3n) is 2.69. The van der Waals surface area contributed by atoms with Gasteiger partial charge in [0.25, 0.3) is 0 Å². The van der Waals surface area contributed by atoms with Crippen LogP contribution in [0.5, 0.6) is 0 Å². The molecule has 92 valence electrons. The summed E-state index contributed by atoms with van der Waals surface area (Å²) in [6, 6.07) is 0. The van der Waals surface area contributed by atoms with E-state index in [1.54, 1.807) is 24.0 Å². The number of hydrogen-bond acceptors (Lipinski definition) is 6. The molecule has 0 saturated heterocycles. The summed E-state index contributed by atoms with van der Waals surface area (Å²) in [5.74, 6) is -0.310. The van der Waals surface area contributed by atoms with Crippen molar-refractivity contribution in [3.8, 4) is 0 Å². The highest BCUT2D eigenvalue weighted by atomic mass is 32.1. The Balaban J connectivity index is 2.30. The monoisotopic (exact) mass is 262 g/mol. The summed E-state index contributed by atoms with van der Waals surface area (Å²) in [4.78, 5) is 17.5. The second-order valence-electron chi connectivity index (χ2n) is 3.76. The molecule has 7 heteroatoms. The maximum Gasteiger partial charge on any atom is 0.348 e. The van der Waals surface area contributed by atoms with Crippen LogP contribution in [0.2, 0.25) is 0 Å². The molecule has 0 unspecified atom stereocenters. The number of carbonyl (C=O) groups is 1. The molecule has 6 nitrogen and oxygen atoms in total. The number of esters is 1. The van der Waals surface area contributed by atoms with Crippen molar-refractivity contribution < 1.29 is 9.53 Å². The smallest absolute Gasteiger partial charge is 0.348 e. The number of aromatic nitrogens is 4. The number of rotatable bonds is 2. The summed E-state index contributed by atoms with van der Waals surface area (Å²) < 4.78 is 6.77. The standard InChI is InChI=1S/C11H10N4O2S/c1-3-17-11(16)8-6(2)7-9-14-13-5-15(9)4-12-10(7)18-8/h4-5H,3H2,1-2H3. The van der Waals surface area contributed by atoms with Gasteiger partial charge >= 0.3 is 5.97 Å². The van der Waals surface area contributed by atoms with E-state index in [0.29, 0.717) is 17.1 Å². The minimum absolute atomic E-state index is 0.310. The van der Waals surface area contributed by atoms with Crippen LogP contribution in [-0.4, -0.2) is 32.2 Å². The van der Waals surface area contributed by atoms with Gasteiger partial charge in [-0.2, -0.15) is 0 Å². The minimum atomic E-state index is -0.310. The van der Waals surface area contributed by atoms with Gasteiger partial charge < -0.3 is 4.74 Å². The first kappa shape index (κ1) is 11.1. The summed E-state index contributed by atoms with van der Waals surface area (Å²) >= 11 is 1.32. The maximum absolute atomic E-state index is 11.8. The lowest BCUT2D eigenvalue weighted by molar-refractivity contribution is 0.0531. The van der Waals surface area contributed by atoms with E-state index in [2.05, 4.69) is 15.2 Å². The highest BCUT2D eigenvalue weighted by Crippen LogP contribution is 2.31. The zero-order valence-corrected chi connectivity index (χ0v) is 10.7. The van der Waals surface area contributed by atoms with E-state index in [-0.39, 0.29) is 5.97 Å². The number of carbonyl (C=O) groups excluding carboxylic acids is 1. The summed E-state index contributed by atoms with van der Waals surface area (Å²) in [6.45, 7) is 4.03. The molecule has 0 radical (unpaired) electrons. The van der Waals surface area contributed by atoms with Gasteiger partial charge in [-0.3, -0.25) is 4.40 Å². The molecule has 0 bridgehead atoms. The molecule has 0 saturated carbocycles. The van der Waals surface area contributed by atoms with E-state index < -0.39 is 0 Å². The summed E-state index contributed by atoms with van der Waals surface area (Å²) in [5, 5.41) is 8.76. The Hall–Kier alpha value is -2.02. The Morgan fingerprint density at radius 1 is 1.50 bits per heavy atom. The van der Waals surface area contributed by atoms with E-state index in [1.165, 1.54) is 11.3 Å². The van der Waals surface area contributed by atoms with Gasteiger partial charge in [0.15, 0.2) is 5.65 Å². The minimum Gasteiger partial charge on any atom is -0.462 e. The molecule has 3 heterocycles. The molecule has 18 heavy (non-hydrogen) atoms. The Kier molecular flexibility index (Phi) is 2.48. The normalized spacial score (nSPS) is 11.2. The fourth-order valence-electron chi connectivity index (χ4n) is 1.86. The lowest BCUT2D eigenvalue weighted by Gasteiger charge is -1.99. The van der Waals surface area contributed by atoms with Crippen molar-refractivity contribution in [3.63, 3.8) is 0 Å². The number of fused-ring (bicyclic) bond motifs is 3. The van der Waals surface area contributed by atoms with Crippen molar-refractivity contribution in [1.29, 1.82) is 0 Å². The summed E-state index contributed by atoms with van der Waals surface area (Å²) in [6.07, 6.45) is 3.23. The van der Waals surface area contributed by atoms with Gasteiger partial charge in [-0.1, -0.05) is 0 Å². The van der Waals surface area contributed by atoms with Gasteiger partial charge in [0.2, 0.25) is 0 Å². The number of ether oxygens (including phenoxy) is 1. The topological polar surface area (TPSA) is 69.4 Å². The van der Waals surface area contributed by atoms with Gasteiger partial charge in [-0.25, -0.2) is 9.78 Å². The van der Waals surface area contributed by atoms with Crippen LogP contribution in [-0.2, 0) is 4.74 Å². The third kappa shape index (κ3) is 1.47. The molecule has 0 spiro atoms. The van der Waals surface area contributed by atoms with Crippen LogP contribution in [0.1, 0.15) is 22.2 Å². The van der Waals surface area contributed by atoms with Crippen LogP contribution >= 0.6 is 11.3 Å². The van der Waals surface area contributed by atoms with Gasteiger partial charge in [0.05, 0.1) is 12.0 Å². The molecule has 0 aromatic carbocycles. The number of hydrogen-bond donors (Lipinski definition) is 0. The molecule has 3 aromatic heterocycles. The SMILES string of the molecule is CCOC(=O)c1sc2ncn3cnnc3c2c1C. The highest BCUT2D eigenvalue weighted by Gasteiger charge is 2.19. The first-order valence-corrected chi connectivity index (χ1v) is 6.28. The van der Waals surface area contributed by atoms with Crippen LogP contribution in [0.4, 0.5) is 0 Å². The largest absolute Gasteiger partial charge is 0.462 e. The number of aryl methyl sites for hydroxylation is 1. The summed E-state index contributed by atoms with van der Waals surface area (Å²) in [7, 11) is 0. The average molecular weight is 262 g/mol. The summed E-state index contributed by atoms with van der Waals surface area (Å²) in [5.41, 5.74) is 1.56. The lowest BCUT2D eigenvalue weighted by atomic mass is 10.2. The Morgan fingerprint density at radius 3 is 3.11 bits per heavy atom. The first-order valence-electron chi connectivity index (χ1n) is 5.47. The number of thiophene rings is 1. The van der Waals surface area contributed by atoms with E-state index in [4.69, 9.17) is 4.74 Å². The zero-order chi connectivity index (χ0) is 12.7.